The molecule has 8 heteroatoms. The fourth-order valence-corrected chi connectivity index (χ4v) is 5.49. The normalized spacial score (nSPS) is 16.7. The van der Waals surface area contributed by atoms with Crippen LogP contribution in [0.4, 0.5) is 5.13 Å². The second-order valence-electron chi connectivity index (χ2n) is 8.72. The van der Waals surface area contributed by atoms with Gasteiger partial charge in [0.25, 0.3) is 5.78 Å². The molecule has 1 aliphatic rings. The van der Waals surface area contributed by atoms with Gasteiger partial charge in [-0.15, -0.1) is 0 Å². The summed E-state index contributed by atoms with van der Waals surface area (Å²) >= 11 is 1.34. The van der Waals surface area contributed by atoms with E-state index in [1.807, 2.05) is 18.2 Å². The number of thiazole rings is 1. The number of amides is 1. The van der Waals surface area contributed by atoms with Gasteiger partial charge in [0, 0.05) is 5.56 Å². The van der Waals surface area contributed by atoms with Gasteiger partial charge in [-0.1, -0.05) is 49.1 Å². The highest BCUT2D eigenvalue weighted by atomic mass is 32.1. The Labute approximate surface area is 224 Å². The second-order valence-corrected chi connectivity index (χ2v) is 9.73. The molecule has 1 saturated heterocycles. The molecule has 1 atom stereocenters. The van der Waals surface area contributed by atoms with Crippen LogP contribution in [0.5, 0.6) is 11.5 Å². The number of carbonyl (C=O) groups is 2. The highest BCUT2D eigenvalue weighted by Gasteiger charge is 2.48. The molecular formula is C30H26N2O5S. The SMILES string of the molecule is C=CCOc1ccc([C@H]2/C(=C(\O)c3ccc(OC)cc3)C(=O)C(=O)N2c2nc3ccc(CC)cc3s2)cc1. The lowest BCUT2D eigenvalue weighted by Gasteiger charge is -2.23. The van der Waals surface area contributed by atoms with Gasteiger partial charge in [0.1, 0.15) is 23.9 Å². The number of aliphatic hydroxyl groups is 1. The molecule has 0 radical (unpaired) electrons. The Morgan fingerprint density at radius 1 is 1.08 bits per heavy atom. The van der Waals surface area contributed by atoms with Gasteiger partial charge in [-0.25, -0.2) is 4.98 Å². The molecule has 4 aromatic rings. The number of carbonyl (C=O) groups excluding carboxylic acids is 2. The smallest absolute Gasteiger partial charge is 0.301 e. The zero-order valence-electron chi connectivity index (χ0n) is 21.0. The highest BCUT2D eigenvalue weighted by Crippen LogP contribution is 2.44. The number of aliphatic hydroxyl groups excluding tert-OH is 1. The molecule has 7 nitrogen and oxygen atoms in total. The minimum atomic E-state index is -0.878. The lowest BCUT2D eigenvalue weighted by molar-refractivity contribution is -0.132. The summed E-state index contributed by atoms with van der Waals surface area (Å²) in [5.41, 5.74) is 2.93. The van der Waals surface area contributed by atoms with Crippen LogP contribution < -0.4 is 14.4 Å². The first-order valence-electron chi connectivity index (χ1n) is 12.1. The molecule has 1 N–H and O–H groups in total. The Hall–Kier alpha value is -4.43. The van der Waals surface area contributed by atoms with Crippen LogP contribution in [0.3, 0.4) is 0 Å². The number of benzene rings is 3. The molecule has 2 heterocycles. The summed E-state index contributed by atoms with van der Waals surface area (Å²) in [6, 6.07) is 18.8. The third kappa shape index (κ3) is 4.54. The van der Waals surface area contributed by atoms with Gasteiger partial charge >= 0.3 is 5.91 Å². The van der Waals surface area contributed by atoms with Crippen LogP contribution in [-0.4, -0.2) is 35.5 Å². The molecule has 0 bridgehead atoms. The molecule has 1 amide bonds. The zero-order valence-corrected chi connectivity index (χ0v) is 21.8. The number of nitrogens with zero attached hydrogens (tertiary/aromatic N) is 2. The molecule has 0 aliphatic carbocycles. The summed E-state index contributed by atoms with van der Waals surface area (Å²) in [5.74, 6) is -0.557. The summed E-state index contributed by atoms with van der Waals surface area (Å²) in [7, 11) is 1.55. The van der Waals surface area contributed by atoms with Crippen LogP contribution in [0.15, 0.2) is 85.0 Å². The number of ketones is 1. The minimum absolute atomic E-state index is 0.00608. The number of ether oxygens (including phenoxy) is 2. The van der Waals surface area contributed by atoms with E-state index in [1.54, 1.807) is 61.7 Å². The molecule has 0 saturated carbocycles. The minimum Gasteiger partial charge on any atom is -0.507 e. The van der Waals surface area contributed by atoms with Crippen molar-refractivity contribution in [3.63, 3.8) is 0 Å². The van der Waals surface area contributed by atoms with Gasteiger partial charge in [-0.2, -0.15) is 0 Å². The van der Waals surface area contributed by atoms with E-state index in [2.05, 4.69) is 13.5 Å². The van der Waals surface area contributed by atoms with Crippen molar-refractivity contribution in [3.8, 4) is 11.5 Å². The Morgan fingerprint density at radius 3 is 2.45 bits per heavy atom. The van der Waals surface area contributed by atoms with Crippen molar-refractivity contribution >= 4 is 44.1 Å². The molecule has 38 heavy (non-hydrogen) atoms. The number of Topliss-reactive ketones (excluding diaryl/α,β-unsaturated/α-hetero) is 1. The van der Waals surface area contributed by atoms with Crippen LogP contribution in [-0.2, 0) is 16.0 Å². The zero-order chi connectivity index (χ0) is 26.8. The fraction of sp³-hybridized carbons (Fsp3) is 0.167. The van der Waals surface area contributed by atoms with Gasteiger partial charge in [-0.05, 0) is 66.1 Å². The molecule has 5 rings (SSSR count). The monoisotopic (exact) mass is 526 g/mol. The molecule has 0 unspecified atom stereocenters. The van der Waals surface area contributed by atoms with E-state index in [4.69, 9.17) is 14.5 Å². The number of aryl methyl sites for hydroxylation is 1. The first-order chi connectivity index (χ1) is 18.4. The van der Waals surface area contributed by atoms with Crippen molar-refractivity contribution in [2.45, 2.75) is 19.4 Å². The number of methoxy groups -OCH3 is 1. The third-order valence-electron chi connectivity index (χ3n) is 6.43. The maximum Gasteiger partial charge on any atom is 0.301 e. The van der Waals surface area contributed by atoms with Gasteiger partial charge in [-0.3, -0.25) is 14.5 Å². The standard InChI is InChI=1S/C30H26N2O5S/c1-4-16-37-22-13-7-19(8-14-22)26-25(27(33)20-9-11-21(36-3)12-10-20)28(34)29(35)32(26)30-31-23-15-6-18(5-2)17-24(23)38-30/h4,6-15,17,26,33H,1,5,16H2,2-3H3/b27-25+/t26-/m0/s1. The topological polar surface area (TPSA) is 89.0 Å². The van der Waals surface area contributed by atoms with Crippen LogP contribution in [0.2, 0.25) is 0 Å². The highest BCUT2D eigenvalue weighted by molar-refractivity contribution is 7.22. The summed E-state index contributed by atoms with van der Waals surface area (Å²) in [5, 5.41) is 11.7. The van der Waals surface area contributed by atoms with Crippen LogP contribution in [0, 0.1) is 0 Å². The van der Waals surface area contributed by atoms with E-state index in [0.717, 1.165) is 22.2 Å². The van der Waals surface area contributed by atoms with Crippen molar-refractivity contribution in [1.29, 1.82) is 0 Å². The number of anilines is 1. The van der Waals surface area contributed by atoms with Crippen molar-refractivity contribution in [2.75, 3.05) is 18.6 Å². The van der Waals surface area contributed by atoms with Gasteiger partial charge in [0.05, 0.1) is 28.9 Å². The quantitative estimate of drug-likeness (QED) is 0.130. The number of hydrogen-bond acceptors (Lipinski definition) is 7. The third-order valence-corrected chi connectivity index (χ3v) is 7.44. The molecule has 1 aliphatic heterocycles. The maximum atomic E-state index is 13.5. The predicted octanol–water partition coefficient (Wildman–Crippen LogP) is 6.06. The number of hydrogen-bond donors (Lipinski definition) is 1. The average molecular weight is 527 g/mol. The first-order valence-corrected chi connectivity index (χ1v) is 12.9. The second kappa shape index (κ2) is 10.5. The van der Waals surface area contributed by atoms with E-state index in [0.29, 0.717) is 34.4 Å². The molecule has 0 spiro atoms. The van der Waals surface area contributed by atoms with Crippen molar-refractivity contribution < 1.29 is 24.2 Å². The first kappa shape index (κ1) is 25.2. The van der Waals surface area contributed by atoms with Gasteiger partial charge < -0.3 is 14.6 Å². The lowest BCUT2D eigenvalue weighted by atomic mass is 9.95. The van der Waals surface area contributed by atoms with Crippen LogP contribution in [0.25, 0.3) is 16.0 Å². The number of aromatic nitrogens is 1. The Kier molecular flexibility index (Phi) is 6.98. The molecule has 3 aromatic carbocycles. The van der Waals surface area contributed by atoms with E-state index >= 15 is 0 Å². The Bertz CT molecular complexity index is 1550. The number of fused-ring (bicyclic) bond motifs is 1. The lowest BCUT2D eigenvalue weighted by Crippen LogP contribution is -2.29. The average Bonchev–Trinajstić information content (AvgIpc) is 3.49. The van der Waals surface area contributed by atoms with Gasteiger partial charge in [0.15, 0.2) is 5.13 Å². The summed E-state index contributed by atoms with van der Waals surface area (Å²) in [4.78, 5) is 33.0. The van der Waals surface area contributed by atoms with E-state index < -0.39 is 17.7 Å². The van der Waals surface area contributed by atoms with Crippen LogP contribution >= 0.6 is 11.3 Å². The summed E-state index contributed by atoms with van der Waals surface area (Å²) in [6.07, 6.45) is 2.52. The molecule has 192 valence electrons. The number of rotatable bonds is 8. The van der Waals surface area contributed by atoms with Gasteiger partial charge in [0.2, 0.25) is 0 Å². The molecule has 1 fully saturated rings. The van der Waals surface area contributed by atoms with E-state index in [9.17, 15) is 14.7 Å². The predicted molar refractivity (Wildman–Crippen MR) is 149 cm³/mol. The Morgan fingerprint density at radius 2 is 1.79 bits per heavy atom. The molecule has 1 aromatic heterocycles. The molecular weight excluding hydrogens is 500 g/mol. The van der Waals surface area contributed by atoms with E-state index in [-0.39, 0.29) is 11.3 Å². The Balaban J connectivity index is 1.66. The largest absolute Gasteiger partial charge is 0.507 e. The summed E-state index contributed by atoms with van der Waals surface area (Å²) in [6.45, 7) is 6.08. The maximum absolute atomic E-state index is 13.5. The van der Waals surface area contributed by atoms with Crippen LogP contribution in [0.1, 0.15) is 29.7 Å². The van der Waals surface area contributed by atoms with E-state index in [1.165, 1.54) is 16.2 Å². The van der Waals surface area contributed by atoms with Crippen molar-refractivity contribution in [1.82, 2.24) is 4.98 Å². The van der Waals surface area contributed by atoms with Crippen molar-refractivity contribution in [3.05, 3.63) is 102 Å². The van der Waals surface area contributed by atoms with Crippen molar-refractivity contribution in [2.24, 2.45) is 0 Å². The summed E-state index contributed by atoms with van der Waals surface area (Å²) < 4.78 is 11.7. The fourth-order valence-electron chi connectivity index (χ4n) is 4.43.